The average Bonchev–Trinajstić information content (AvgIpc) is 3.27. The summed E-state index contributed by atoms with van der Waals surface area (Å²) in [6, 6.07) is 16.3. The minimum Gasteiger partial charge on any atom is -0.361 e. The Labute approximate surface area is 144 Å². The molecular formula is C20H19N3O2. The quantitative estimate of drug-likeness (QED) is 0.328. The van der Waals surface area contributed by atoms with Crippen molar-refractivity contribution in [1.29, 1.82) is 0 Å². The summed E-state index contributed by atoms with van der Waals surface area (Å²) in [6.45, 7) is 0. The van der Waals surface area contributed by atoms with E-state index in [1.807, 2.05) is 48.8 Å². The van der Waals surface area contributed by atoms with Crippen molar-refractivity contribution >= 4 is 27.7 Å². The number of aromatic nitrogens is 2. The van der Waals surface area contributed by atoms with Crippen molar-refractivity contribution in [3.05, 3.63) is 72.1 Å². The summed E-state index contributed by atoms with van der Waals surface area (Å²) < 4.78 is 0. The van der Waals surface area contributed by atoms with Crippen LogP contribution in [0.15, 0.2) is 60.9 Å². The van der Waals surface area contributed by atoms with E-state index < -0.39 is 0 Å². The highest BCUT2D eigenvalue weighted by Gasteiger charge is 2.22. The monoisotopic (exact) mass is 333 g/mol. The Hall–Kier alpha value is -3.05. The number of aromatic amines is 2. The molecule has 126 valence electrons. The second-order valence-corrected chi connectivity index (χ2v) is 6.21. The van der Waals surface area contributed by atoms with Crippen LogP contribution in [0.1, 0.15) is 29.9 Å². The van der Waals surface area contributed by atoms with Gasteiger partial charge in [0.1, 0.15) is 0 Å². The molecule has 2 aromatic carbocycles. The van der Waals surface area contributed by atoms with E-state index in [0.717, 1.165) is 32.9 Å². The first-order chi connectivity index (χ1) is 12.3. The fourth-order valence-electron chi connectivity index (χ4n) is 3.57. The van der Waals surface area contributed by atoms with Gasteiger partial charge in [-0.05, 0) is 29.7 Å². The first kappa shape index (κ1) is 15.5. The molecule has 4 rings (SSSR count). The van der Waals surface area contributed by atoms with Gasteiger partial charge >= 0.3 is 0 Å². The molecule has 4 aromatic rings. The van der Waals surface area contributed by atoms with Gasteiger partial charge in [0.15, 0.2) is 0 Å². The molecule has 0 radical (unpaired) electrons. The number of para-hydroxylation sites is 2. The Morgan fingerprint density at radius 3 is 1.96 bits per heavy atom. The molecule has 0 saturated heterocycles. The van der Waals surface area contributed by atoms with Gasteiger partial charge in [-0.15, -0.1) is 0 Å². The van der Waals surface area contributed by atoms with Crippen LogP contribution in [0.3, 0.4) is 0 Å². The van der Waals surface area contributed by atoms with Crippen molar-refractivity contribution < 1.29 is 10.0 Å². The predicted molar refractivity (Wildman–Crippen MR) is 97.6 cm³/mol. The smallest absolute Gasteiger partial charge is 0.243 e. The molecular weight excluding hydrogens is 314 g/mol. The maximum Gasteiger partial charge on any atom is 0.243 e. The van der Waals surface area contributed by atoms with Crippen LogP contribution in [0.25, 0.3) is 21.8 Å². The SMILES string of the molecule is O=C(CCC(c1c[nH]c2ccccc12)c1c[nH]c2ccccc12)NO. The lowest BCUT2D eigenvalue weighted by molar-refractivity contribution is -0.129. The molecule has 2 aromatic heterocycles. The van der Waals surface area contributed by atoms with E-state index in [1.54, 1.807) is 5.48 Å². The fourth-order valence-corrected chi connectivity index (χ4v) is 3.57. The van der Waals surface area contributed by atoms with Gasteiger partial charge < -0.3 is 9.97 Å². The number of fused-ring (bicyclic) bond motifs is 2. The van der Waals surface area contributed by atoms with Gasteiger partial charge in [0.2, 0.25) is 5.91 Å². The Morgan fingerprint density at radius 1 is 0.920 bits per heavy atom. The second-order valence-electron chi connectivity index (χ2n) is 6.21. The largest absolute Gasteiger partial charge is 0.361 e. The molecule has 0 saturated carbocycles. The highest BCUT2D eigenvalue weighted by molar-refractivity contribution is 5.88. The average molecular weight is 333 g/mol. The summed E-state index contributed by atoms with van der Waals surface area (Å²) in [5, 5.41) is 11.2. The Balaban J connectivity index is 1.83. The van der Waals surface area contributed by atoms with Crippen molar-refractivity contribution in [2.24, 2.45) is 0 Å². The lowest BCUT2D eigenvalue weighted by Crippen LogP contribution is -2.19. The van der Waals surface area contributed by atoms with Crippen molar-refractivity contribution in [1.82, 2.24) is 15.4 Å². The standard InChI is InChI=1S/C20H19N3O2/c24-20(23-25)10-9-13(16-11-21-18-7-3-1-5-14(16)18)17-12-22-19-8-4-2-6-15(17)19/h1-8,11-13,21-22,25H,9-10H2,(H,23,24). The number of H-pyrrole nitrogens is 2. The summed E-state index contributed by atoms with van der Waals surface area (Å²) >= 11 is 0. The lowest BCUT2D eigenvalue weighted by Gasteiger charge is -2.16. The highest BCUT2D eigenvalue weighted by atomic mass is 16.5. The minimum atomic E-state index is -0.371. The van der Waals surface area contributed by atoms with Crippen LogP contribution in [-0.4, -0.2) is 21.1 Å². The van der Waals surface area contributed by atoms with Crippen LogP contribution in [0.4, 0.5) is 0 Å². The number of nitrogens with one attached hydrogen (secondary N) is 3. The van der Waals surface area contributed by atoms with Gasteiger partial charge in [0.05, 0.1) is 0 Å². The number of hydrogen-bond acceptors (Lipinski definition) is 2. The number of carbonyl (C=O) groups excluding carboxylic acids is 1. The molecule has 0 aliphatic rings. The molecule has 2 heterocycles. The lowest BCUT2D eigenvalue weighted by atomic mass is 9.87. The summed E-state index contributed by atoms with van der Waals surface area (Å²) in [5.74, 6) is -0.325. The van der Waals surface area contributed by atoms with E-state index in [9.17, 15) is 4.79 Å². The fraction of sp³-hybridized carbons (Fsp3) is 0.150. The minimum absolute atomic E-state index is 0.0459. The zero-order valence-corrected chi connectivity index (χ0v) is 13.6. The predicted octanol–water partition coefficient (Wildman–Crippen LogP) is 4.07. The van der Waals surface area contributed by atoms with Crippen molar-refractivity contribution in [3.63, 3.8) is 0 Å². The molecule has 0 aliphatic heterocycles. The van der Waals surface area contributed by atoms with Gasteiger partial charge in [-0.25, -0.2) is 5.48 Å². The maximum absolute atomic E-state index is 11.6. The first-order valence-corrected chi connectivity index (χ1v) is 8.33. The molecule has 0 spiro atoms. The molecule has 5 nitrogen and oxygen atoms in total. The number of hydroxylamine groups is 1. The first-order valence-electron chi connectivity index (χ1n) is 8.33. The number of carbonyl (C=O) groups is 1. The number of amides is 1. The molecule has 0 unspecified atom stereocenters. The zero-order chi connectivity index (χ0) is 17.2. The van der Waals surface area contributed by atoms with E-state index in [4.69, 9.17) is 5.21 Å². The third-order valence-corrected chi connectivity index (χ3v) is 4.78. The van der Waals surface area contributed by atoms with Crippen LogP contribution >= 0.6 is 0 Å². The van der Waals surface area contributed by atoms with Gasteiger partial charge in [0, 0.05) is 46.5 Å². The Morgan fingerprint density at radius 2 is 1.44 bits per heavy atom. The van der Waals surface area contributed by atoms with Gasteiger partial charge in [-0.2, -0.15) is 0 Å². The molecule has 25 heavy (non-hydrogen) atoms. The van der Waals surface area contributed by atoms with Crippen LogP contribution in [0.2, 0.25) is 0 Å². The van der Waals surface area contributed by atoms with Crippen LogP contribution < -0.4 is 5.48 Å². The Bertz CT molecular complexity index is 957. The van der Waals surface area contributed by atoms with E-state index in [0.29, 0.717) is 6.42 Å². The van der Waals surface area contributed by atoms with Gasteiger partial charge in [-0.1, -0.05) is 36.4 Å². The summed E-state index contributed by atoms with van der Waals surface area (Å²) in [4.78, 5) is 18.2. The summed E-state index contributed by atoms with van der Waals surface area (Å²) in [5.41, 5.74) is 6.20. The third-order valence-electron chi connectivity index (χ3n) is 4.78. The van der Waals surface area contributed by atoms with Crippen LogP contribution in [-0.2, 0) is 4.79 Å². The van der Waals surface area contributed by atoms with Gasteiger partial charge in [0.25, 0.3) is 0 Å². The van der Waals surface area contributed by atoms with Crippen LogP contribution in [0, 0.1) is 0 Å². The summed E-state index contributed by atoms with van der Waals surface area (Å²) in [6.07, 6.45) is 4.90. The van der Waals surface area contributed by atoms with Crippen molar-refractivity contribution in [3.8, 4) is 0 Å². The topological polar surface area (TPSA) is 80.9 Å². The molecule has 0 atom stereocenters. The molecule has 0 bridgehead atoms. The number of hydrogen-bond donors (Lipinski definition) is 4. The summed E-state index contributed by atoms with van der Waals surface area (Å²) in [7, 11) is 0. The molecule has 4 N–H and O–H groups in total. The van der Waals surface area contributed by atoms with Crippen molar-refractivity contribution in [2.45, 2.75) is 18.8 Å². The molecule has 5 heteroatoms. The van der Waals surface area contributed by atoms with E-state index in [-0.39, 0.29) is 18.2 Å². The van der Waals surface area contributed by atoms with Crippen LogP contribution in [0.5, 0.6) is 0 Å². The zero-order valence-electron chi connectivity index (χ0n) is 13.6. The number of rotatable bonds is 5. The molecule has 0 fully saturated rings. The van der Waals surface area contributed by atoms with E-state index in [1.165, 1.54) is 0 Å². The van der Waals surface area contributed by atoms with E-state index >= 15 is 0 Å². The van der Waals surface area contributed by atoms with Crippen molar-refractivity contribution in [2.75, 3.05) is 0 Å². The highest BCUT2D eigenvalue weighted by Crippen LogP contribution is 2.37. The normalized spacial score (nSPS) is 11.4. The molecule has 1 amide bonds. The van der Waals surface area contributed by atoms with E-state index in [2.05, 4.69) is 22.1 Å². The number of benzene rings is 2. The Kier molecular flexibility index (Phi) is 3.99. The second kappa shape index (κ2) is 6.45. The van der Waals surface area contributed by atoms with Gasteiger partial charge in [-0.3, -0.25) is 10.0 Å². The third kappa shape index (κ3) is 2.79. The molecule has 0 aliphatic carbocycles. The maximum atomic E-state index is 11.6.